The first-order valence-electron chi connectivity index (χ1n) is 11.1. The van der Waals surface area contributed by atoms with E-state index >= 15 is 0 Å². The Morgan fingerprint density at radius 2 is 1.94 bits per heavy atom. The second-order valence-corrected chi connectivity index (χ2v) is 8.77. The van der Waals surface area contributed by atoms with Gasteiger partial charge in [-0.1, -0.05) is 19.1 Å². The van der Waals surface area contributed by atoms with E-state index in [1.807, 2.05) is 42.5 Å². The van der Waals surface area contributed by atoms with Crippen LogP contribution in [0.1, 0.15) is 80.0 Å². The van der Waals surface area contributed by atoms with E-state index in [2.05, 4.69) is 11.4 Å². The van der Waals surface area contributed by atoms with E-state index in [-0.39, 0.29) is 23.9 Å². The van der Waals surface area contributed by atoms with Crippen LogP contribution in [0.25, 0.3) is 11.3 Å². The molecule has 1 unspecified atom stereocenters. The topological polar surface area (TPSA) is 91.0 Å². The van der Waals surface area contributed by atoms with Crippen molar-refractivity contribution in [3.63, 3.8) is 0 Å². The molecule has 7 nitrogen and oxygen atoms in total. The van der Waals surface area contributed by atoms with Crippen LogP contribution in [-0.2, 0) is 4.79 Å². The fraction of sp³-hybridized carbons (Fsp3) is 0.500. The number of hydrogen-bond acceptors (Lipinski definition) is 4. The first kappa shape index (κ1) is 21.1. The smallest absolute Gasteiger partial charge is 0.270 e. The summed E-state index contributed by atoms with van der Waals surface area (Å²) in [4.78, 5) is 27.3. The molecule has 2 heterocycles. The number of benzene rings is 1. The van der Waals surface area contributed by atoms with Gasteiger partial charge in [-0.25, -0.2) is 0 Å². The summed E-state index contributed by atoms with van der Waals surface area (Å²) in [5, 5.41) is 17.1. The van der Waals surface area contributed by atoms with Crippen LogP contribution in [0.3, 0.4) is 0 Å². The summed E-state index contributed by atoms with van der Waals surface area (Å²) in [7, 11) is 0. The Balaban J connectivity index is 1.66. The largest absolute Gasteiger partial charge is 0.346 e. The lowest BCUT2D eigenvalue weighted by Crippen LogP contribution is -2.39. The van der Waals surface area contributed by atoms with Crippen LogP contribution in [0.15, 0.2) is 24.3 Å². The fourth-order valence-electron chi connectivity index (χ4n) is 4.30. The number of carbonyl (C=O) groups is 2. The maximum atomic E-state index is 13.5. The van der Waals surface area contributed by atoms with Gasteiger partial charge in [-0.3, -0.25) is 14.3 Å². The van der Waals surface area contributed by atoms with E-state index in [4.69, 9.17) is 10.4 Å². The zero-order chi connectivity index (χ0) is 22.1. The fourth-order valence-corrected chi connectivity index (χ4v) is 4.30. The molecule has 7 heteroatoms. The van der Waals surface area contributed by atoms with E-state index in [0.29, 0.717) is 36.7 Å². The predicted molar refractivity (Wildman–Crippen MR) is 117 cm³/mol. The standard InChI is InChI=1S/C24H29N5O2/c1-4-20(30)28-12-11-19(14-28)26-24(31)23-21(17-9-10-17)22(27-29(23)15(2)3)18-7-5-16(13-25)6-8-18/h5-8,15,17,19H,4,9-12,14H2,1-3H3,(H,26,31). The van der Waals surface area contributed by atoms with Crippen molar-refractivity contribution in [1.82, 2.24) is 20.0 Å². The van der Waals surface area contributed by atoms with Crippen LogP contribution in [0.4, 0.5) is 0 Å². The number of hydrogen-bond donors (Lipinski definition) is 1. The number of nitrogens with zero attached hydrogens (tertiary/aromatic N) is 4. The highest BCUT2D eigenvalue weighted by molar-refractivity contribution is 5.96. The number of nitrogens with one attached hydrogen (secondary N) is 1. The van der Waals surface area contributed by atoms with Gasteiger partial charge in [-0.15, -0.1) is 0 Å². The van der Waals surface area contributed by atoms with Crippen molar-refractivity contribution in [2.75, 3.05) is 13.1 Å². The van der Waals surface area contributed by atoms with Gasteiger partial charge in [0.25, 0.3) is 5.91 Å². The first-order valence-corrected chi connectivity index (χ1v) is 11.1. The third kappa shape index (κ3) is 4.20. The first-order chi connectivity index (χ1) is 14.9. The third-order valence-corrected chi connectivity index (χ3v) is 6.10. The summed E-state index contributed by atoms with van der Waals surface area (Å²) in [6.45, 7) is 7.17. The summed E-state index contributed by atoms with van der Waals surface area (Å²) < 4.78 is 1.83. The number of likely N-dealkylation sites (tertiary alicyclic amines) is 1. The lowest BCUT2D eigenvalue weighted by atomic mass is 10.0. The zero-order valence-electron chi connectivity index (χ0n) is 18.4. The molecule has 2 fully saturated rings. The Kier molecular flexibility index (Phi) is 5.81. The predicted octanol–water partition coefficient (Wildman–Crippen LogP) is 3.62. The van der Waals surface area contributed by atoms with E-state index in [1.165, 1.54) is 0 Å². The van der Waals surface area contributed by atoms with Gasteiger partial charge in [0.15, 0.2) is 0 Å². The van der Waals surface area contributed by atoms with Crippen LogP contribution >= 0.6 is 0 Å². The molecule has 162 valence electrons. The molecule has 1 aliphatic heterocycles. The lowest BCUT2D eigenvalue weighted by molar-refractivity contribution is -0.129. The molecular weight excluding hydrogens is 390 g/mol. The van der Waals surface area contributed by atoms with Gasteiger partial charge in [-0.05, 0) is 51.2 Å². The molecule has 0 spiro atoms. The molecule has 0 radical (unpaired) electrons. The van der Waals surface area contributed by atoms with Crippen LogP contribution in [0.2, 0.25) is 0 Å². The Labute approximate surface area is 183 Å². The molecule has 4 rings (SSSR count). The van der Waals surface area contributed by atoms with Crippen molar-refractivity contribution < 1.29 is 9.59 Å². The molecule has 2 aromatic rings. The second kappa shape index (κ2) is 8.54. The summed E-state index contributed by atoms with van der Waals surface area (Å²) in [5.41, 5.74) is 4.01. The molecule has 1 saturated heterocycles. The molecule has 2 amide bonds. The second-order valence-electron chi connectivity index (χ2n) is 8.77. The van der Waals surface area contributed by atoms with Crippen LogP contribution in [-0.4, -0.2) is 45.6 Å². The minimum absolute atomic E-state index is 0.0344. The monoisotopic (exact) mass is 419 g/mol. The maximum Gasteiger partial charge on any atom is 0.270 e. The summed E-state index contributed by atoms with van der Waals surface area (Å²) in [6, 6.07) is 9.54. The molecule has 31 heavy (non-hydrogen) atoms. The highest BCUT2D eigenvalue weighted by Gasteiger charge is 2.37. The molecule has 1 saturated carbocycles. The summed E-state index contributed by atoms with van der Waals surface area (Å²) >= 11 is 0. The highest BCUT2D eigenvalue weighted by atomic mass is 16.2. The molecule has 2 aliphatic rings. The number of aromatic nitrogens is 2. The molecule has 1 aromatic carbocycles. The Hall–Kier alpha value is -3.14. The number of nitriles is 1. The number of carbonyl (C=O) groups excluding carboxylic acids is 2. The van der Waals surface area contributed by atoms with Gasteiger partial charge in [0.05, 0.1) is 17.3 Å². The quantitative estimate of drug-likeness (QED) is 0.774. The molecule has 1 aromatic heterocycles. The Morgan fingerprint density at radius 1 is 1.23 bits per heavy atom. The van der Waals surface area contributed by atoms with Crippen molar-refractivity contribution in [2.24, 2.45) is 0 Å². The van der Waals surface area contributed by atoms with E-state index in [1.54, 1.807) is 12.1 Å². The molecule has 0 bridgehead atoms. The minimum atomic E-state index is -0.112. The summed E-state index contributed by atoms with van der Waals surface area (Å²) in [5.74, 6) is 0.352. The van der Waals surface area contributed by atoms with Crippen molar-refractivity contribution in [3.05, 3.63) is 41.1 Å². The van der Waals surface area contributed by atoms with Crippen molar-refractivity contribution in [1.29, 1.82) is 5.26 Å². The maximum absolute atomic E-state index is 13.5. The van der Waals surface area contributed by atoms with E-state index < -0.39 is 0 Å². The number of amides is 2. The van der Waals surface area contributed by atoms with Gasteiger partial charge in [0.1, 0.15) is 5.69 Å². The van der Waals surface area contributed by atoms with Gasteiger partial charge in [0, 0.05) is 42.7 Å². The van der Waals surface area contributed by atoms with Gasteiger partial charge in [-0.2, -0.15) is 10.4 Å². The molecule has 1 N–H and O–H groups in total. The lowest BCUT2D eigenvalue weighted by Gasteiger charge is -2.18. The minimum Gasteiger partial charge on any atom is -0.346 e. The Morgan fingerprint density at radius 3 is 2.52 bits per heavy atom. The van der Waals surface area contributed by atoms with Gasteiger partial charge in [0.2, 0.25) is 5.91 Å². The average molecular weight is 420 g/mol. The van der Waals surface area contributed by atoms with Crippen molar-refractivity contribution in [3.8, 4) is 17.3 Å². The van der Waals surface area contributed by atoms with E-state index in [9.17, 15) is 9.59 Å². The summed E-state index contributed by atoms with van der Waals surface area (Å²) in [6.07, 6.45) is 3.36. The van der Waals surface area contributed by atoms with Crippen LogP contribution < -0.4 is 5.32 Å². The van der Waals surface area contributed by atoms with Crippen molar-refractivity contribution in [2.45, 2.75) is 64.5 Å². The third-order valence-electron chi connectivity index (χ3n) is 6.10. The van der Waals surface area contributed by atoms with Gasteiger partial charge < -0.3 is 10.2 Å². The molecular formula is C24H29N5O2. The normalized spacial score (nSPS) is 18.3. The number of rotatable bonds is 6. The zero-order valence-corrected chi connectivity index (χ0v) is 18.4. The van der Waals surface area contributed by atoms with Crippen LogP contribution in [0, 0.1) is 11.3 Å². The Bertz CT molecular complexity index is 1030. The van der Waals surface area contributed by atoms with Crippen LogP contribution in [0.5, 0.6) is 0 Å². The molecule has 1 aliphatic carbocycles. The molecule has 1 atom stereocenters. The highest BCUT2D eigenvalue weighted by Crippen LogP contribution is 2.46. The van der Waals surface area contributed by atoms with E-state index in [0.717, 1.165) is 36.1 Å². The van der Waals surface area contributed by atoms with Crippen molar-refractivity contribution >= 4 is 11.8 Å². The van der Waals surface area contributed by atoms with Gasteiger partial charge >= 0.3 is 0 Å². The SMILES string of the molecule is CCC(=O)N1CCC(NC(=O)c2c(C3CC3)c(-c3ccc(C#N)cc3)nn2C(C)C)C1. The average Bonchev–Trinajstić information content (AvgIpc) is 3.36.